The second-order valence-electron chi connectivity index (χ2n) is 7.53. The third-order valence-electron chi connectivity index (χ3n) is 5.38. The second kappa shape index (κ2) is 8.96. The average molecular weight is 450 g/mol. The third-order valence-corrected chi connectivity index (χ3v) is 5.38. The van der Waals surface area contributed by atoms with Gasteiger partial charge in [-0.2, -0.15) is 5.26 Å². The van der Waals surface area contributed by atoms with Crippen molar-refractivity contribution in [2.45, 2.75) is 6.42 Å². The molecule has 0 saturated heterocycles. The van der Waals surface area contributed by atoms with Crippen LogP contribution in [0.2, 0.25) is 0 Å². The molecule has 0 aliphatic heterocycles. The smallest absolute Gasteiger partial charge is 0.149 e. The fraction of sp³-hybridized carbons (Fsp3) is 0.0800. The van der Waals surface area contributed by atoms with Crippen molar-refractivity contribution in [1.29, 1.82) is 5.26 Å². The molecule has 0 aliphatic rings. The van der Waals surface area contributed by atoms with E-state index >= 15 is 0 Å². The van der Waals surface area contributed by atoms with Crippen LogP contribution in [0.1, 0.15) is 11.4 Å². The van der Waals surface area contributed by atoms with Crippen LogP contribution in [0.5, 0.6) is 0 Å². The van der Waals surface area contributed by atoms with Gasteiger partial charge in [0, 0.05) is 36.5 Å². The molecule has 0 spiro atoms. The first-order valence-electron chi connectivity index (χ1n) is 10.6. The molecule has 9 heteroatoms. The number of rotatable bonds is 6. The highest BCUT2D eigenvalue weighted by Crippen LogP contribution is 2.26. The van der Waals surface area contributed by atoms with E-state index in [1.807, 2.05) is 53.1 Å². The van der Waals surface area contributed by atoms with E-state index in [-0.39, 0.29) is 17.2 Å². The summed E-state index contributed by atoms with van der Waals surface area (Å²) in [5, 5.41) is 12.5. The molecule has 0 saturated carbocycles. The van der Waals surface area contributed by atoms with Gasteiger partial charge >= 0.3 is 0 Å². The standard InChI is InChI=1S/C25H19FN8/c26-17-7-8-21-22(13-17)34(18-5-3-4-16(12-18)20-6-1-2-10-29-20)23(33-21)9-11-30-25-19(14-27)24(28)31-15-32-25/h1-8,10,12-13,15H,9,11H2,(H3,28,30,31,32). The number of imidazole rings is 1. The Morgan fingerprint density at radius 3 is 2.76 bits per heavy atom. The molecular formula is C25H19FN8. The Balaban J connectivity index is 1.52. The van der Waals surface area contributed by atoms with Crippen LogP contribution in [0.3, 0.4) is 0 Å². The van der Waals surface area contributed by atoms with E-state index in [2.05, 4.69) is 20.3 Å². The van der Waals surface area contributed by atoms with Gasteiger partial charge in [-0.25, -0.2) is 19.3 Å². The van der Waals surface area contributed by atoms with Crippen molar-refractivity contribution >= 4 is 22.7 Å². The third kappa shape index (κ3) is 4.00. The number of hydrogen-bond acceptors (Lipinski definition) is 7. The van der Waals surface area contributed by atoms with Crippen LogP contribution in [-0.4, -0.2) is 31.0 Å². The molecule has 2 aromatic carbocycles. The van der Waals surface area contributed by atoms with Gasteiger partial charge in [0.15, 0.2) is 0 Å². The molecule has 0 bridgehead atoms. The number of hydrogen-bond donors (Lipinski definition) is 2. The van der Waals surface area contributed by atoms with Gasteiger partial charge < -0.3 is 11.1 Å². The van der Waals surface area contributed by atoms with Gasteiger partial charge in [0.1, 0.15) is 41.2 Å². The summed E-state index contributed by atoms with van der Waals surface area (Å²) >= 11 is 0. The van der Waals surface area contributed by atoms with E-state index in [9.17, 15) is 9.65 Å². The zero-order valence-corrected chi connectivity index (χ0v) is 18.0. The number of nitrogens with one attached hydrogen (secondary N) is 1. The first-order chi connectivity index (χ1) is 16.6. The first kappa shape index (κ1) is 21.0. The van der Waals surface area contributed by atoms with Crippen molar-refractivity contribution in [2.75, 3.05) is 17.6 Å². The Bertz CT molecular complexity index is 1520. The Labute approximate surface area is 194 Å². The second-order valence-corrected chi connectivity index (χ2v) is 7.53. The van der Waals surface area contributed by atoms with Gasteiger partial charge in [-0.1, -0.05) is 18.2 Å². The molecule has 0 fully saturated rings. The molecule has 5 rings (SSSR count). The summed E-state index contributed by atoms with van der Waals surface area (Å²) in [5.74, 6) is 0.871. The largest absolute Gasteiger partial charge is 0.382 e. The van der Waals surface area contributed by atoms with Crippen molar-refractivity contribution in [3.05, 3.63) is 90.4 Å². The summed E-state index contributed by atoms with van der Waals surface area (Å²) in [4.78, 5) is 17.1. The number of fused-ring (bicyclic) bond motifs is 1. The quantitative estimate of drug-likeness (QED) is 0.399. The summed E-state index contributed by atoms with van der Waals surface area (Å²) in [6.45, 7) is 0.427. The van der Waals surface area contributed by atoms with Crippen LogP contribution in [0.4, 0.5) is 16.0 Å². The van der Waals surface area contributed by atoms with Crippen molar-refractivity contribution < 1.29 is 4.39 Å². The summed E-state index contributed by atoms with van der Waals surface area (Å²) in [6.07, 6.45) is 3.54. The van der Waals surface area contributed by atoms with E-state index in [0.717, 1.165) is 22.8 Å². The SMILES string of the molecule is N#Cc1c(N)ncnc1NCCc1nc2ccc(F)cc2n1-c1cccc(-c2ccccn2)c1. The van der Waals surface area contributed by atoms with E-state index in [1.165, 1.54) is 18.5 Å². The zero-order chi connectivity index (χ0) is 23.5. The van der Waals surface area contributed by atoms with Gasteiger partial charge in [0.2, 0.25) is 0 Å². The highest BCUT2D eigenvalue weighted by atomic mass is 19.1. The monoisotopic (exact) mass is 450 g/mol. The molecule has 166 valence electrons. The minimum absolute atomic E-state index is 0.119. The number of anilines is 2. The average Bonchev–Trinajstić information content (AvgIpc) is 3.22. The number of nitriles is 1. The Kier molecular flexibility index (Phi) is 5.54. The Morgan fingerprint density at radius 1 is 1.03 bits per heavy atom. The normalized spacial score (nSPS) is 10.8. The van der Waals surface area contributed by atoms with Crippen LogP contribution < -0.4 is 11.1 Å². The van der Waals surface area contributed by atoms with Crippen molar-refractivity contribution in [2.24, 2.45) is 0 Å². The van der Waals surface area contributed by atoms with Crippen LogP contribution in [0.15, 0.2) is 73.2 Å². The molecule has 0 amide bonds. The molecule has 34 heavy (non-hydrogen) atoms. The summed E-state index contributed by atoms with van der Waals surface area (Å²) in [5.41, 5.74) is 9.94. The maximum Gasteiger partial charge on any atom is 0.149 e. The summed E-state index contributed by atoms with van der Waals surface area (Å²) < 4.78 is 16.1. The van der Waals surface area contributed by atoms with E-state index < -0.39 is 0 Å². The van der Waals surface area contributed by atoms with Crippen molar-refractivity contribution in [3.63, 3.8) is 0 Å². The Hall–Kier alpha value is -4.84. The number of nitrogens with two attached hydrogens (primary N) is 1. The van der Waals surface area contributed by atoms with Crippen LogP contribution >= 0.6 is 0 Å². The van der Waals surface area contributed by atoms with E-state index in [0.29, 0.717) is 29.8 Å². The molecule has 3 aromatic heterocycles. The van der Waals surface area contributed by atoms with Gasteiger partial charge in [0.25, 0.3) is 0 Å². The van der Waals surface area contributed by atoms with Crippen LogP contribution in [0, 0.1) is 17.1 Å². The molecule has 0 radical (unpaired) electrons. The lowest BCUT2D eigenvalue weighted by atomic mass is 10.1. The maximum absolute atomic E-state index is 14.2. The van der Waals surface area contributed by atoms with Crippen LogP contribution in [-0.2, 0) is 6.42 Å². The van der Waals surface area contributed by atoms with E-state index in [1.54, 1.807) is 12.3 Å². The lowest BCUT2D eigenvalue weighted by Gasteiger charge is -2.12. The lowest BCUT2D eigenvalue weighted by molar-refractivity contribution is 0.629. The highest BCUT2D eigenvalue weighted by Gasteiger charge is 2.15. The number of halogens is 1. The number of aromatic nitrogens is 5. The molecule has 5 aromatic rings. The van der Waals surface area contributed by atoms with Gasteiger partial charge in [-0.3, -0.25) is 9.55 Å². The fourth-order valence-corrected chi connectivity index (χ4v) is 3.83. The van der Waals surface area contributed by atoms with E-state index in [4.69, 9.17) is 10.7 Å². The minimum atomic E-state index is -0.339. The summed E-state index contributed by atoms with van der Waals surface area (Å²) in [7, 11) is 0. The number of nitrogen functional groups attached to an aromatic ring is 1. The Morgan fingerprint density at radius 2 is 1.94 bits per heavy atom. The molecular weight excluding hydrogens is 431 g/mol. The molecule has 0 atom stereocenters. The van der Waals surface area contributed by atoms with Crippen LogP contribution in [0.25, 0.3) is 28.0 Å². The molecule has 0 aliphatic carbocycles. The van der Waals surface area contributed by atoms with Gasteiger partial charge in [-0.05, 0) is 36.4 Å². The predicted octanol–water partition coefficient (Wildman–Crippen LogP) is 4.13. The molecule has 3 N–H and O–H groups in total. The lowest BCUT2D eigenvalue weighted by Crippen LogP contribution is -2.12. The minimum Gasteiger partial charge on any atom is -0.382 e. The predicted molar refractivity (Wildman–Crippen MR) is 128 cm³/mol. The number of benzene rings is 2. The molecule has 3 heterocycles. The zero-order valence-electron chi connectivity index (χ0n) is 18.0. The highest BCUT2D eigenvalue weighted by molar-refractivity contribution is 5.79. The maximum atomic E-state index is 14.2. The topological polar surface area (TPSA) is 118 Å². The molecule has 8 nitrogen and oxygen atoms in total. The number of pyridine rings is 1. The van der Waals surface area contributed by atoms with Crippen molar-refractivity contribution in [1.82, 2.24) is 24.5 Å². The summed E-state index contributed by atoms with van der Waals surface area (Å²) in [6, 6.07) is 20.2. The van der Waals surface area contributed by atoms with Crippen molar-refractivity contribution in [3.8, 4) is 23.0 Å². The number of nitrogens with zero attached hydrogens (tertiary/aromatic N) is 6. The fourth-order valence-electron chi connectivity index (χ4n) is 3.83. The molecule has 0 unspecified atom stereocenters. The van der Waals surface area contributed by atoms with Gasteiger partial charge in [0.05, 0.1) is 16.7 Å². The first-order valence-corrected chi connectivity index (χ1v) is 10.6. The van der Waals surface area contributed by atoms with Gasteiger partial charge in [-0.15, -0.1) is 0 Å².